The molecule has 0 spiro atoms. The number of rotatable bonds is 14. The lowest BCUT2D eigenvalue weighted by molar-refractivity contribution is 0.0768. The zero-order chi connectivity index (χ0) is 26.0. The van der Waals surface area contributed by atoms with Gasteiger partial charge in [0.05, 0.1) is 13.2 Å². The van der Waals surface area contributed by atoms with Crippen LogP contribution < -0.4 is 9.47 Å². The van der Waals surface area contributed by atoms with Crippen molar-refractivity contribution in [1.82, 2.24) is 0 Å². The molecular weight excluding hydrogens is 460 g/mol. The number of benzene rings is 2. The van der Waals surface area contributed by atoms with E-state index in [0.29, 0.717) is 26.4 Å². The Labute approximate surface area is 225 Å². The van der Waals surface area contributed by atoms with Crippen LogP contribution in [0.25, 0.3) is 0 Å². The van der Waals surface area contributed by atoms with Gasteiger partial charge in [-0.05, 0) is 61.1 Å². The highest BCUT2D eigenvalue weighted by atomic mass is 16.5. The predicted molar refractivity (Wildman–Crippen MR) is 153 cm³/mol. The summed E-state index contributed by atoms with van der Waals surface area (Å²) >= 11 is 0. The maximum atomic E-state index is 6.01. The molecule has 0 N–H and O–H groups in total. The summed E-state index contributed by atoms with van der Waals surface area (Å²) in [6.07, 6.45) is 17.6. The van der Waals surface area contributed by atoms with Crippen LogP contribution in [0.15, 0.2) is 46.6 Å². The third kappa shape index (κ3) is 11.3. The zero-order valence-corrected chi connectivity index (χ0v) is 23.3. The Hall–Kier alpha value is -2.40. The van der Waals surface area contributed by atoms with Crippen molar-refractivity contribution in [1.29, 1.82) is 0 Å². The van der Waals surface area contributed by atoms with E-state index in [-0.39, 0.29) is 0 Å². The Kier molecular flexibility index (Phi) is 14.1. The smallest absolute Gasteiger partial charge is 0.146 e. The summed E-state index contributed by atoms with van der Waals surface area (Å²) in [5, 5.41) is 9.35. The van der Waals surface area contributed by atoms with Crippen molar-refractivity contribution in [3.05, 3.63) is 47.5 Å². The van der Waals surface area contributed by atoms with Crippen LogP contribution in [0.2, 0.25) is 0 Å². The second-order valence-corrected chi connectivity index (χ2v) is 10.1. The molecule has 0 atom stereocenters. The molecule has 0 aromatic heterocycles. The van der Waals surface area contributed by atoms with Crippen LogP contribution in [0.4, 0.5) is 11.4 Å². The standard InChI is InChI=1S/C32H48N2O3/c1-3-5-7-9-11-13-15-27-17-19-31-29(25-27)33-34-30-26-28(16-14-12-10-8-6-4-2)18-20-32(30)37-24-22-35-21-23-36-31/h17-20,25-26H,3-16,21-24H2,1-2H3. The maximum Gasteiger partial charge on any atom is 0.146 e. The Balaban J connectivity index is 1.70. The van der Waals surface area contributed by atoms with Gasteiger partial charge in [0.15, 0.2) is 0 Å². The van der Waals surface area contributed by atoms with Crippen molar-refractivity contribution in [3.63, 3.8) is 0 Å². The van der Waals surface area contributed by atoms with Gasteiger partial charge in [0.2, 0.25) is 0 Å². The van der Waals surface area contributed by atoms with Gasteiger partial charge in [0.1, 0.15) is 36.1 Å². The van der Waals surface area contributed by atoms with E-state index in [9.17, 15) is 0 Å². The molecule has 1 aliphatic heterocycles. The van der Waals surface area contributed by atoms with E-state index in [0.717, 1.165) is 35.7 Å². The first kappa shape index (κ1) is 29.2. The molecule has 3 rings (SSSR count). The minimum atomic E-state index is 0.481. The monoisotopic (exact) mass is 508 g/mol. The van der Waals surface area contributed by atoms with Crippen molar-refractivity contribution in [2.24, 2.45) is 10.2 Å². The molecular formula is C32H48N2O3. The normalized spacial score (nSPS) is 13.9. The minimum Gasteiger partial charge on any atom is -0.489 e. The highest BCUT2D eigenvalue weighted by Gasteiger charge is 2.10. The first-order valence-corrected chi connectivity index (χ1v) is 14.8. The number of ether oxygens (including phenoxy) is 3. The van der Waals surface area contributed by atoms with Gasteiger partial charge in [-0.1, -0.05) is 90.2 Å². The average molecular weight is 509 g/mol. The van der Waals surface area contributed by atoms with Crippen molar-refractivity contribution < 1.29 is 14.2 Å². The first-order valence-electron chi connectivity index (χ1n) is 14.8. The van der Waals surface area contributed by atoms with E-state index >= 15 is 0 Å². The van der Waals surface area contributed by atoms with Crippen LogP contribution in [0.1, 0.15) is 102 Å². The molecule has 2 aromatic rings. The number of aryl methyl sites for hydroxylation is 2. The third-order valence-electron chi connectivity index (χ3n) is 6.92. The number of nitrogens with zero attached hydrogens (tertiary/aromatic N) is 2. The predicted octanol–water partition coefficient (Wildman–Crippen LogP) is 9.70. The molecule has 0 aliphatic carbocycles. The fourth-order valence-corrected chi connectivity index (χ4v) is 4.69. The molecule has 0 saturated carbocycles. The number of hydrogen-bond donors (Lipinski definition) is 0. The molecule has 37 heavy (non-hydrogen) atoms. The molecule has 0 bridgehead atoms. The number of hydrogen-bond acceptors (Lipinski definition) is 5. The van der Waals surface area contributed by atoms with E-state index < -0.39 is 0 Å². The largest absolute Gasteiger partial charge is 0.489 e. The van der Waals surface area contributed by atoms with E-state index in [1.54, 1.807) is 0 Å². The van der Waals surface area contributed by atoms with E-state index in [1.165, 1.54) is 88.2 Å². The molecule has 5 nitrogen and oxygen atoms in total. The Bertz CT molecular complexity index is 855. The van der Waals surface area contributed by atoms with Crippen molar-refractivity contribution in [2.45, 2.75) is 104 Å². The average Bonchev–Trinajstić information content (AvgIpc) is 2.93. The molecule has 1 aliphatic rings. The van der Waals surface area contributed by atoms with Crippen molar-refractivity contribution in [2.75, 3.05) is 26.4 Å². The molecule has 0 fully saturated rings. The summed E-state index contributed by atoms with van der Waals surface area (Å²) in [7, 11) is 0. The Morgan fingerprint density at radius 2 is 0.973 bits per heavy atom. The van der Waals surface area contributed by atoms with E-state index in [4.69, 9.17) is 14.2 Å². The summed E-state index contributed by atoms with van der Waals surface area (Å²) in [5.41, 5.74) is 4.11. The lowest BCUT2D eigenvalue weighted by Gasteiger charge is -2.10. The van der Waals surface area contributed by atoms with Crippen LogP contribution in [0.5, 0.6) is 11.5 Å². The van der Waals surface area contributed by atoms with Gasteiger partial charge >= 0.3 is 0 Å². The first-order chi connectivity index (χ1) is 18.3. The Morgan fingerprint density at radius 1 is 0.541 bits per heavy atom. The van der Waals surface area contributed by atoms with Gasteiger partial charge in [-0.2, -0.15) is 0 Å². The lowest BCUT2D eigenvalue weighted by Crippen LogP contribution is -2.12. The quantitative estimate of drug-likeness (QED) is 0.239. The fourth-order valence-electron chi connectivity index (χ4n) is 4.69. The third-order valence-corrected chi connectivity index (χ3v) is 6.92. The second-order valence-electron chi connectivity index (χ2n) is 10.1. The van der Waals surface area contributed by atoms with Gasteiger partial charge in [-0.25, -0.2) is 0 Å². The number of azo groups is 1. The SMILES string of the molecule is CCCCCCCCc1ccc2c(c1)N=Nc1cc(CCCCCCCC)ccc1OCCOCCO2. The summed E-state index contributed by atoms with van der Waals surface area (Å²) in [6.45, 7) is 6.52. The zero-order valence-electron chi connectivity index (χ0n) is 23.3. The summed E-state index contributed by atoms with van der Waals surface area (Å²) < 4.78 is 17.7. The topological polar surface area (TPSA) is 52.4 Å². The molecule has 5 heteroatoms. The van der Waals surface area contributed by atoms with Gasteiger partial charge in [-0.15, -0.1) is 10.2 Å². The number of unbranched alkanes of at least 4 members (excludes halogenated alkanes) is 10. The molecule has 0 unspecified atom stereocenters. The van der Waals surface area contributed by atoms with Crippen LogP contribution in [0.3, 0.4) is 0 Å². The molecule has 0 amide bonds. The highest BCUT2D eigenvalue weighted by Crippen LogP contribution is 2.35. The van der Waals surface area contributed by atoms with Gasteiger partial charge in [-0.3, -0.25) is 0 Å². The minimum absolute atomic E-state index is 0.481. The van der Waals surface area contributed by atoms with E-state index in [1.807, 2.05) is 12.1 Å². The van der Waals surface area contributed by atoms with Gasteiger partial charge in [0, 0.05) is 0 Å². The van der Waals surface area contributed by atoms with Crippen LogP contribution in [-0.2, 0) is 17.6 Å². The maximum absolute atomic E-state index is 6.01. The second kappa shape index (κ2) is 18.0. The van der Waals surface area contributed by atoms with Crippen LogP contribution in [0, 0.1) is 0 Å². The number of fused-ring (bicyclic) bond motifs is 2. The molecule has 204 valence electrons. The van der Waals surface area contributed by atoms with Crippen molar-refractivity contribution >= 4 is 11.4 Å². The van der Waals surface area contributed by atoms with E-state index in [2.05, 4.69) is 48.3 Å². The summed E-state index contributed by atoms with van der Waals surface area (Å²) in [5.74, 6) is 1.51. The molecule has 0 saturated heterocycles. The Morgan fingerprint density at radius 3 is 1.43 bits per heavy atom. The highest BCUT2D eigenvalue weighted by molar-refractivity contribution is 5.56. The molecule has 2 aromatic carbocycles. The fraction of sp³-hybridized carbons (Fsp3) is 0.625. The lowest BCUT2D eigenvalue weighted by atomic mass is 10.0. The van der Waals surface area contributed by atoms with Crippen molar-refractivity contribution in [3.8, 4) is 11.5 Å². The summed E-state index contributed by atoms with van der Waals surface area (Å²) in [4.78, 5) is 0. The molecule has 0 radical (unpaired) electrons. The van der Waals surface area contributed by atoms with Crippen LogP contribution >= 0.6 is 0 Å². The van der Waals surface area contributed by atoms with Crippen LogP contribution in [-0.4, -0.2) is 26.4 Å². The summed E-state index contributed by atoms with van der Waals surface area (Å²) in [6, 6.07) is 12.7. The molecule has 1 heterocycles. The van der Waals surface area contributed by atoms with Gasteiger partial charge < -0.3 is 14.2 Å². The van der Waals surface area contributed by atoms with Gasteiger partial charge in [0.25, 0.3) is 0 Å².